The van der Waals surface area contributed by atoms with Crippen molar-refractivity contribution in [2.45, 2.75) is 52.1 Å². The quantitative estimate of drug-likeness (QED) is 0.783. The van der Waals surface area contributed by atoms with Gasteiger partial charge in [0, 0.05) is 23.2 Å². The highest BCUT2D eigenvalue weighted by Crippen LogP contribution is 2.20. The van der Waals surface area contributed by atoms with E-state index in [0.717, 1.165) is 6.54 Å². The maximum atomic E-state index is 4.08. The van der Waals surface area contributed by atoms with Crippen LogP contribution in [-0.2, 0) is 6.54 Å². The molecule has 0 saturated heterocycles. The number of hydrogen-bond acceptors (Lipinski definition) is 3. The molecule has 0 spiro atoms. The summed E-state index contributed by atoms with van der Waals surface area (Å²) < 4.78 is 0. The molecule has 0 amide bonds. The average Bonchev–Trinajstić information content (AvgIpc) is 2.74. The van der Waals surface area contributed by atoms with Crippen LogP contribution in [0.2, 0.25) is 0 Å². The van der Waals surface area contributed by atoms with Crippen LogP contribution in [0.1, 0.15) is 44.9 Å². The van der Waals surface area contributed by atoms with E-state index in [1.54, 1.807) is 11.3 Å². The van der Waals surface area contributed by atoms with E-state index in [9.17, 15) is 0 Å². The first-order valence-corrected chi connectivity index (χ1v) is 6.26. The molecule has 0 fully saturated rings. The summed E-state index contributed by atoms with van der Waals surface area (Å²) in [5, 5.41) is 3.66. The molecule has 0 atom stereocenters. The van der Waals surface area contributed by atoms with Gasteiger partial charge in [0.05, 0.1) is 5.51 Å². The highest BCUT2D eigenvalue weighted by molar-refractivity contribution is 7.09. The fourth-order valence-corrected chi connectivity index (χ4v) is 2.26. The Labute approximate surface area is 90.8 Å². The largest absolute Gasteiger partial charge is 0.306 e. The molecule has 0 saturated carbocycles. The predicted octanol–water partition coefficient (Wildman–Crippen LogP) is 3.20. The third-order valence-electron chi connectivity index (χ3n) is 3.15. The van der Waals surface area contributed by atoms with Gasteiger partial charge < -0.3 is 5.32 Å². The predicted molar refractivity (Wildman–Crippen MR) is 62.6 cm³/mol. The molecular weight excluding hydrogens is 192 g/mol. The molecule has 80 valence electrons. The van der Waals surface area contributed by atoms with E-state index in [4.69, 9.17) is 0 Å². The third-order valence-corrected chi connectivity index (χ3v) is 3.93. The summed E-state index contributed by atoms with van der Waals surface area (Å²) in [6, 6.07) is 0. The van der Waals surface area contributed by atoms with Crippen molar-refractivity contribution < 1.29 is 0 Å². The Kier molecular flexibility index (Phi) is 4.55. The Hall–Kier alpha value is -0.410. The Morgan fingerprint density at radius 3 is 2.36 bits per heavy atom. The summed E-state index contributed by atoms with van der Waals surface area (Å²) >= 11 is 1.72. The second kappa shape index (κ2) is 5.47. The number of nitrogens with zero attached hydrogens (tertiary/aromatic N) is 1. The highest BCUT2D eigenvalue weighted by atomic mass is 32.1. The first-order chi connectivity index (χ1) is 6.76. The molecule has 0 unspecified atom stereocenters. The number of rotatable bonds is 6. The highest BCUT2D eigenvalue weighted by Gasteiger charge is 2.22. The van der Waals surface area contributed by atoms with Gasteiger partial charge in [-0.2, -0.15) is 0 Å². The number of nitrogens with one attached hydrogen (secondary N) is 1. The van der Waals surface area contributed by atoms with E-state index >= 15 is 0 Å². The second-order valence-electron chi connectivity index (χ2n) is 3.66. The molecule has 0 aliphatic heterocycles. The van der Waals surface area contributed by atoms with E-state index in [2.05, 4.69) is 31.1 Å². The lowest BCUT2D eigenvalue weighted by Gasteiger charge is -2.31. The first kappa shape index (κ1) is 11.7. The van der Waals surface area contributed by atoms with Crippen molar-refractivity contribution in [2.24, 2.45) is 0 Å². The van der Waals surface area contributed by atoms with Crippen molar-refractivity contribution in [1.29, 1.82) is 0 Å². The summed E-state index contributed by atoms with van der Waals surface area (Å²) in [6.45, 7) is 7.73. The zero-order chi connectivity index (χ0) is 10.4. The molecule has 1 N–H and O–H groups in total. The smallest absolute Gasteiger partial charge is 0.0794 e. The van der Waals surface area contributed by atoms with Crippen LogP contribution in [0.25, 0.3) is 0 Å². The Morgan fingerprint density at radius 1 is 1.29 bits per heavy atom. The minimum absolute atomic E-state index is 0.323. The number of aromatic nitrogens is 1. The Morgan fingerprint density at radius 2 is 1.93 bits per heavy atom. The topological polar surface area (TPSA) is 24.9 Å². The maximum Gasteiger partial charge on any atom is 0.0794 e. The summed E-state index contributed by atoms with van der Waals surface area (Å²) in [5.41, 5.74) is 2.21. The van der Waals surface area contributed by atoms with Gasteiger partial charge in [-0.3, -0.25) is 4.98 Å². The van der Waals surface area contributed by atoms with Gasteiger partial charge in [-0.05, 0) is 19.3 Å². The normalized spacial score (nSPS) is 11.9. The van der Waals surface area contributed by atoms with E-state index in [-0.39, 0.29) is 0 Å². The van der Waals surface area contributed by atoms with Gasteiger partial charge in [0.2, 0.25) is 0 Å². The zero-order valence-electron chi connectivity index (χ0n) is 9.34. The molecule has 0 aliphatic carbocycles. The van der Waals surface area contributed by atoms with E-state index < -0.39 is 0 Å². The van der Waals surface area contributed by atoms with Crippen molar-refractivity contribution in [1.82, 2.24) is 10.3 Å². The molecular formula is C11H20N2S. The van der Waals surface area contributed by atoms with Gasteiger partial charge in [0.25, 0.3) is 0 Å². The van der Waals surface area contributed by atoms with E-state index in [1.165, 1.54) is 24.1 Å². The fraction of sp³-hybridized carbons (Fsp3) is 0.727. The van der Waals surface area contributed by atoms with Crippen LogP contribution in [0.15, 0.2) is 11.7 Å². The van der Waals surface area contributed by atoms with Crippen LogP contribution in [0.4, 0.5) is 0 Å². The van der Waals surface area contributed by atoms with Crippen molar-refractivity contribution in [3.8, 4) is 0 Å². The Bertz CT molecular complexity index is 232. The first-order valence-electron chi connectivity index (χ1n) is 5.38. The third kappa shape index (κ3) is 2.79. The molecule has 0 aromatic carbocycles. The number of hydrogen-bond donors (Lipinski definition) is 1. The van der Waals surface area contributed by atoms with Crippen molar-refractivity contribution in [2.75, 3.05) is 0 Å². The number of thiazole rings is 1. The van der Waals surface area contributed by atoms with Gasteiger partial charge in [-0.25, -0.2) is 0 Å². The van der Waals surface area contributed by atoms with Gasteiger partial charge in [0.1, 0.15) is 0 Å². The fourth-order valence-electron chi connectivity index (χ4n) is 1.73. The molecule has 2 nitrogen and oxygen atoms in total. The molecule has 1 aromatic heterocycles. The van der Waals surface area contributed by atoms with E-state index in [1.807, 2.05) is 11.7 Å². The average molecular weight is 212 g/mol. The van der Waals surface area contributed by atoms with Crippen molar-refractivity contribution in [3.63, 3.8) is 0 Å². The van der Waals surface area contributed by atoms with E-state index in [0.29, 0.717) is 5.54 Å². The minimum atomic E-state index is 0.323. The van der Waals surface area contributed by atoms with Gasteiger partial charge >= 0.3 is 0 Å². The zero-order valence-corrected chi connectivity index (χ0v) is 10.2. The molecule has 1 aromatic rings. The van der Waals surface area contributed by atoms with Crippen LogP contribution in [0.5, 0.6) is 0 Å². The summed E-state index contributed by atoms with van der Waals surface area (Å²) in [4.78, 5) is 5.40. The summed E-state index contributed by atoms with van der Waals surface area (Å²) in [7, 11) is 0. The summed E-state index contributed by atoms with van der Waals surface area (Å²) in [6.07, 6.45) is 5.53. The van der Waals surface area contributed by atoms with Crippen molar-refractivity contribution in [3.05, 3.63) is 16.6 Å². The SMILES string of the molecule is CCC(CC)(CC)NCc1cncs1. The lowest BCUT2D eigenvalue weighted by Crippen LogP contribution is -2.42. The molecule has 1 rings (SSSR count). The minimum Gasteiger partial charge on any atom is -0.306 e. The van der Waals surface area contributed by atoms with Gasteiger partial charge in [-0.1, -0.05) is 20.8 Å². The lowest BCUT2D eigenvalue weighted by atomic mass is 9.90. The van der Waals surface area contributed by atoms with Crippen LogP contribution in [0, 0.1) is 0 Å². The molecule has 0 radical (unpaired) electrons. The monoisotopic (exact) mass is 212 g/mol. The Balaban J connectivity index is 2.48. The molecule has 0 aliphatic rings. The van der Waals surface area contributed by atoms with Crippen molar-refractivity contribution >= 4 is 11.3 Å². The second-order valence-corrected chi connectivity index (χ2v) is 4.63. The molecule has 14 heavy (non-hydrogen) atoms. The van der Waals surface area contributed by atoms with Crippen LogP contribution >= 0.6 is 11.3 Å². The van der Waals surface area contributed by atoms with Crippen LogP contribution in [0.3, 0.4) is 0 Å². The van der Waals surface area contributed by atoms with Crippen LogP contribution < -0.4 is 5.32 Å². The summed E-state index contributed by atoms with van der Waals surface area (Å²) in [5.74, 6) is 0. The standard InChI is InChI=1S/C11H20N2S/c1-4-11(5-2,6-3)13-8-10-7-12-9-14-10/h7,9,13H,4-6,8H2,1-3H3. The van der Waals surface area contributed by atoms with Gasteiger partial charge in [0.15, 0.2) is 0 Å². The molecule has 1 heterocycles. The van der Waals surface area contributed by atoms with Gasteiger partial charge in [-0.15, -0.1) is 11.3 Å². The lowest BCUT2D eigenvalue weighted by molar-refractivity contribution is 0.289. The van der Waals surface area contributed by atoms with Crippen LogP contribution in [-0.4, -0.2) is 10.5 Å². The maximum absolute atomic E-state index is 4.08. The molecule has 3 heteroatoms. The molecule has 0 bridgehead atoms.